The Morgan fingerprint density at radius 1 is 0.917 bits per heavy atom. The van der Waals surface area contributed by atoms with E-state index in [1.54, 1.807) is 0 Å². The minimum absolute atomic E-state index is 0.473. The Bertz CT molecular complexity index is 1120. The molecule has 3 N–H and O–H groups in total. The molecule has 6 nitrogen and oxygen atoms in total. The summed E-state index contributed by atoms with van der Waals surface area (Å²) in [7, 11) is 0. The summed E-state index contributed by atoms with van der Waals surface area (Å²) in [6.07, 6.45) is 3.55. The molecule has 3 aromatic carbocycles. The molecule has 0 unspecified atom stereocenters. The molecular weight excluding hydrogens is 444 g/mol. The van der Waals surface area contributed by atoms with Gasteiger partial charge in [0.1, 0.15) is 0 Å². The summed E-state index contributed by atoms with van der Waals surface area (Å²) < 4.78 is 0. The summed E-state index contributed by atoms with van der Waals surface area (Å²) >= 11 is 0. The molecule has 0 atom stereocenters. The van der Waals surface area contributed by atoms with Gasteiger partial charge >= 0.3 is 0 Å². The molecule has 3 rings (SSSR count). The van der Waals surface area contributed by atoms with Crippen molar-refractivity contribution in [1.29, 1.82) is 5.41 Å². The van der Waals surface area contributed by atoms with Gasteiger partial charge in [-0.05, 0) is 49.0 Å². The number of aliphatic imine (C=N–C) groups is 1. The molecule has 36 heavy (non-hydrogen) atoms. The highest BCUT2D eigenvalue weighted by molar-refractivity contribution is 5.70. The van der Waals surface area contributed by atoms with Crippen LogP contribution in [0, 0.1) is 5.41 Å². The van der Waals surface area contributed by atoms with Crippen molar-refractivity contribution in [3.63, 3.8) is 0 Å². The summed E-state index contributed by atoms with van der Waals surface area (Å²) in [5.41, 5.74) is 7.87. The molecule has 0 fully saturated rings. The first-order valence-corrected chi connectivity index (χ1v) is 12.2. The molecule has 0 heterocycles. The lowest BCUT2D eigenvalue weighted by Crippen LogP contribution is -2.23. The molecule has 0 aliphatic carbocycles. The van der Waals surface area contributed by atoms with Crippen LogP contribution in [0.3, 0.4) is 0 Å². The van der Waals surface area contributed by atoms with Crippen LogP contribution in [-0.2, 0) is 13.1 Å². The summed E-state index contributed by atoms with van der Waals surface area (Å²) in [5, 5.41) is 12.9. The standard InChI is InChI=1S/C29H35N5.CH3N/c1-4-5-11-20-34(23(2)29(31-3)26-12-7-6-8-13-26)22-24-16-18-25(19-17-24)28-15-10-9-14-27(28)21-32-33-30;1-2/h6-10,12-19H,3-5,11,20-22H2,1-2H3,(H2,30,32);2H,1H2/b29-23-;. The van der Waals surface area contributed by atoms with Crippen molar-refractivity contribution in [2.75, 3.05) is 6.54 Å². The number of rotatable bonds is 12. The van der Waals surface area contributed by atoms with Gasteiger partial charge in [0.25, 0.3) is 0 Å². The highest BCUT2D eigenvalue weighted by atomic mass is 15.3. The van der Waals surface area contributed by atoms with Crippen LogP contribution < -0.4 is 5.84 Å². The molecule has 0 aliphatic rings. The van der Waals surface area contributed by atoms with E-state index in [1.807, 2.05) is 30.3 Å². The molecule has 188 valence electrons. The molecule has 0 aliphatic heterocycles. The molecule has 0 aromatic heterocycles. The van der Waals surface area contributed by atoms with E-state index in [4.69, 9.17) is 11.3 Å². The van der Waals surface area contributed by atoms with E-state index in [1.165, 1.54) is 18.4 Å². The zero-order valence-corrected chi connectivity index (χ0v) is 21.5. The van der Waals surface area contributed by atoms with Gasteiger partial charge in [-0.25, -0.2) is 0 Å². The maximum Gasteiger partial charge on any atom is 0.0882 e. The Labute approximate surface area is 215 Å². The maximum atomic E-state index is 5.50. The number of hydrogen-bond acceptors (Lipinski definition) is 5. The number of allylic oxidation sites excluding steroid dienone is 1. The highest BCUT2D eigenvalue weighted by Crippen LogP contribution is 2.27. The fourth-order valence-electron chi connectivity index (χ4n) is 4.15. The summed E-state index contributed by atoms with van der Waals surface area (Å²) in [6.45, 7) is 13.0. The first kappa shape index (κ1) is 28.2. The van der Waals surface area contributed by atoms with Crippen molar-refractivity contribution >= 4 is 19.1 Å². The van der Waals surface area contributed by atoms with E-state index >= 15 is 0 Å². The van der Waals surface area contributed by atoms with Crippen LogP contribution in [0.1, 0.15) is 49.8 Å². The van der Waals surface area contributed by atoms with Crippen molar-refractivity contribution in [2.45, 2.75) is 46.2 Å². The lowest BCUT2D eigenvalue weighted by atomic mass is 9.98. The molecule has 0 saturated carbocycles. The Morgan fingerprint density at radius 3 is 2.22 bits per heavy atom. The smallest absolute Gasteiger partial charge is 0.0882 e. The highest BCUT2D eigenvalue weighted by Gasteiger charge is 2.13. The lowest BCUT2D eigenvalue weighted by molar-refractivity contribution is 0.329. The van der Waals surface area contributed by atoms with Gasteiger partial charge in [-0.2, -0.15) is 5.11 Å². The van der Waals surface area contributed by atoms with Crippen LogP contribution in [-0.4, -0.2) is 24.9 Å². The molecule has 0 amide bonds. The SMILES string of the molecule is C=N.C=N/C(=C(/C)N(CCCCC)Cc1ccc(-c2ccccc2CN=NN)cc1)c1ccccc1. The monoisotopic (exact) mass is 482 g/mol. The van der Waals surface area contributed by atoms with Gasteiger partial charge in [-0.15, -0.1) is 0 Å². The second-order valence-corrected chi connectivity index (χ2v) is 8.36. The van der Waals surface area contributed by atoms with Crippen molar-refractivity contribution in [3.05, 3.63) is 101 Å². The third-order valence-corrected chi connectivity index (χ3v) is 6.03. The van der Waals surface area contributed by atoms with Gasteiger partial charge in [0.15, 0.2) is 0 Å². The van der Waals surface area contributed by atoms with E-state index in [0.29, 0.717) is 6.54 Å². The second-order valence-electron chi connectivity index (χ2n) is 8.36. The predicted molar refractivity (Wildman–Crippen MR) is 153 cm³/mol. The summed E-state index contributed by atoms with van der Waals surface area (Å²) in [6, 6.07) is 27.3. The van der Waals surface area contributed by atoms with Crippen LogP contribution in [0.2, 0.25) is 0 Å². The van der Waals surface area contributed by atoms with Gasteiger partial charge in [-0.3, -0.25) is 4.99 Å². The Hall–Kier alpha value is -4.06. The normalized spacial score (nSPS) is 11.4. The topological polar surface area (TPSA) is 90.2 Å². The Morgan fingerprint density at radius 2 is 1.58 bits per heavy atom. The minimum atomic E-state index is 0.473. The first-order chi connectivity index (χ1) is 17.7. The maximum absolute atomic E-state index is 5.50. The van der Waals surface area contributed by atoms with Gasteiger partial charge < -0.3 is 16.2 Å². The van der Waals surface area contributed by atoms with Gasteiger partial charge in [0, 0.05) is 24.4 Å². The number of nitrogens with one attached hydrogen (secondary N) is 1. The number of benzene rings is 3. The molecule has 0 saturated heterocycles. The van der Waals surface area contributed by atoms with Crippen molar-refractivity contribution in [3.8, 4) is 11.1 Å². The quantitative estimate of drug-likeness (QED) is 0.0918. The summed E-state index contributed by atoms with van der Waals surface area (Å²) in [5.74, 6) is 5.21. The largest absolute Gasteiger partial charge is 0.369 e. The minimum Gasteiger partial charge on any atom is -0.369 e. The zero-order chi connectivity index (χ0) is 26.2. The van der Waals surface area contributed by atoms with Crippen LogP contribution in [0.15, 0.2) is 99.9 Å². The first-order valence-electron chi connectivity index (χ1n) is 12.2. The molecule has 0 spiro atoms. The number of unbranched alkanes of at least 4 members (excludes halogenated alkanes) is 2. The van der Waals surface area contributed by atoms with Crippen molar-refractivity contribution in [1.82, 2.24) is 4.90 Å². The lowest BCUT2D eigenvalue weighted by Gasteiger charge is -2.27. The average Bonchev–Trinajstić information content (AvgIpc) is 2.94. The van der Waals surface area contributed by atoms with Crippen molar-refractivity contribution in [2.24, 2.45) is 21.2 Å². The van der Waals surface area contributed by atoms with Crippen LogP contribution in [0.5, 0.6) is 0 Å². The Kier molecular flexibility index (Phi) is 12.3. The number of hydrogen-bond donors (Lipinski definition) is 2. The van der Waals surface area contributed by atoms with Crippen LogP contribution in [0.4, 0.5) is 0 Å². The predicted octanol–water partition coefficient (Wildman–Crippen LogP) is 7.53. The zero-order valence-electron chi connectivity index (χ0n) is 21.5. The molecule has 0 radical (unpaired) electrons. The average molecular weight is 483 g/mol. The molecule has 3 aromatic rings. The molecule has 0 bridgehead atoms. The fourth-order valence-corrected chi connectivity index (χ4v) is 4.15. The van der Waals surface area contributed by atoms with E-state index < -0.39 is 0 Å². The van der Waals surface area contributed by atoms with E-state index in [9.17, 15) is 0 Å². The van der Waals surface area contributed by atoms with E-state index in [2.05, 4.69) is 96.0 Å². The third kappa shape index (κ3) is 8.01. The summed E-state index contributed by atoms with van der Waals surface area (Å²) in [4.78, 5) is 6.83. The van der Waals surface area contributed by atoms with Crippen LogP contribution >= 0.6 is 0 Å². The van der Waals surface area contributed by atoms with Gasteiger partial charge in [0.05, 0.1) is 12.2 Å². The number of nitrogens with zero attached hydrogens (tertiary/aromatic N) is 4. The third-order valence-electron chi connectivity index (χ3n) is 6.03. The molecular formula is C30H38N6. The fraction of sp³-hybridized carbons (Fsp3) is 0.267. The second kappa shape index (κ2) is 15.8. The van der Waals surface area contributed by atoms with Gasteiger partial charge in [0.2, 0.25) is 0 Å². The van der Waals surface area contributed by atoms with Crippen LogP contribution in [0.25, 0.3) is 16.8 Å². The van der Waals surface area contributed by atoms with Gasteiger partial charge in [-0.1, -0.05) is 104 Å². The van der Waals surface area contributed by atoms with E-state index in [-0.39, 0.29) is 0 Å². The molecule has 6 heteroatoms. The van der Waals surface area contributed by atoms with E-state index in [0.717, 1.165) is 53.2 Å². The number of nitrogens with two attached hydrogens (primary N) is 1. The Balaban J connectivity index is 0.00000222. The van der Waals surface area contributed by atoms with Crippen molar-refractivity contribution < 1.29 is 0 Å².